The summed E-state index contributed by atoms with van der Waals surface area (Å²) in [5, 5.41) is 9.30. The second-order valence-electron chi connectivity index (χ2n) is 5.49. The molecule has 2 amide bonds. The van der Waals surface area contributed by atoms with Crippen LogP contribution in [0.4, 0.5) is 27.5 Å². The topological polar surface area (TPSA) is 62.4 Å². The molecular weight excluding hydrogens is 350 g/mol. The molecule has 0 unspecified atom stereocenters. The van der Waals surface area contributed by atoms with Gasteiger partial charge in [0.25, 0.3) is 0 Å². The molecule has 0 spiro atoms. The number of benzene rings is 3. The fourth-order valence-corrected chi connectivity index (χ4v) is 2.56. The number of urea groups is 1. The number of para-hydroxylation sites is 1. The third-order valence-corrected chi connectivity index (χ3v) is 3.85. The van der Waals surface area contributed by atoms with Crippen molar-refractivity contribution in [1.29, 1.82) is 0 Å². The van der Waals surface area contributed by atoms with Gasteiger partial charge in [-0.1, -0.05) is 29.8 Å². The number of anilines is 4. The molecule has 6 heteroatoms. The van der Waals surface area contributed by atoms with Crippen LogP contribution in [-0.2, 0) is 0 Å². The lowest BCUT2D eigenvalue weighted by Crippen LogP contribution is -2.19. The second-order valence-corrected chi connectivity index (χ2v) is 5.93. The van der Waals surface area contributed by atoms with Crippen molar-refractivity contribution in [3.8, 4) is 5.75 Å². The Morgan fingerprint density at radius 1 is 0.846 bits per heavy atom. The van der Waals surface area contributed by atoms with Gasteiger partial charge in [-0.05, 0) is 54.6 Å². The molecule has 132 valence electrons. The van der Waals surface area contributed by atoms with Crippen LogP contribution in [0.2, 0.25) is 5.02 Å². The quantitative estimate of drug-likeness (QED) is 0.539. The van der Waals surface area contributed by atoms with E-state index < -0.39 is 0 Å². The number of ether oxygens (including phenoxy) is 1. The minimum absolute atomic E-state index is 0.380. The maximum Gasteiger partial charge on any atom is 0.323 e. The van der Waals surface area contributed by atoms with Crippen molar-refractivity contribution >= 4 is 40.4 Å². The van der Waals surface area contributed by atoms with E-state index in [1.807, 2.05) is 54.6 Å². The third kappa shape index (κ3) is 4.68. The molecule has 3 rings (SSSR count). The Hall–Kier alpha value is -3.18. The van der Waals surface area contributed by atoms with Crippen LogP contribution in [-0.4, -0.2) is 13.1 Å². The van der Waals surface area contributed by atoms with Gasteiger partial charge < -0.3 is 20.7 Å². The molecule has 0 saturated carbocycles. The maximum atomic E-state index is 12.2. The number of carbonyl (C=O) groups is 1. The summed E-state index contributed by atoms with van der Waals surface area (Å²) in [5.41, 5.74) is 3.10. The Morgan fingerprint density at radius 2 is 1.50 bits per heavy atom. The van der Waals surface area contributed by atoms with E-state index in [-0.39, 0.29) is 6.03 Å². The van der Waals surface area contributed by atoms with Crippen molar-refractivity contribution in [3.05, 3.63) is 77.8 Å². The van der Waals surface area contributed by atoms with Crippen molar-refractivity contribution in [2.24, 2.45) is 0 Å². The number of nitrogens with one attached hydrogen (secondary N) is 3. The Bertz CT molecular complexity index is 883. The molecule has 0 aliphatic rings. The first kappa shape index (κ1) is 17.6. The highest BCUT2D eigenvalue weighted by Crippen LogP contribution is 2.28. The molecule has 3 aromatic rings. The lowest BCUT2D eigenvalue weighted by atomic mass is 10.2. The Balaban J connectivity index is 1.62. The fourth-order valence-electron chi connectivity index (χ4n) is 2.39. The highest BCUT2D eigenvalue weighted by atomic mass is 35.5. The molecule has 3 N–H and O–H groups in total. The molecule has 0 bridgehead atoms. The van der Waals surface area contributed by atoms with Crippen molar-refractivity contribution < 1.29 is 9.53 Å². The van der Waals surface area contributed by atoms with Gasteiger partial charge in [0.05, 0.1) is 12.8 Å². The highest BCUT2D eigenvalue weighted by molar-refractivity contribution is 6.31. The average molecular weight is 368 g/mol. The summed E-state index contributed by atoms with van der Waals surface area (Å²) in [4.78, 5) is 12.2. The van der Waals surface area contributed by atoms with Gasteiger partial charge >= 0.3 is 6.03 Å². The SMILES string of the molecule is COc1ccc(Cl)cc1NC(=O)Nc1ccc(Nc2ccccc2)cc1. The van der Waals surface area contributed by atoms with E-state index >= 15 is 0 Å². The normalized spacial score (nSPS) is 10.1. The zero-order chi connectivity index (χ0) is 18.4. The molecule has 0 radical (unpaired) electrons. The fraction of sp³-hybridized carbons (Fsp3) is 0.0500. The first-order chi connectivity index (χ1) is 12.6. The first-order valence-electron chi connectivity index (χ1n) is 7.98. The third-order valence-electron chi connectivity index (χ3n) is 3.61. The van der Waals surface area contributed by atoms with Crippen molar-refractivity contribution in [2.75, 3.05) is 23.1 Å². The maximum absolute atomic E-state index is 12.2. The predicted molar refractivity (Wildman–Crippen MR) is 107 cm³/mol. The highest BCUT2D eigenvalue weighted by Gasteiger charge is 2.08. The van der Waals surface area contributed by atoms with Crippen molar-refractivity contribution in [2.45, 2.75) is 0 Å². The molecule has 0 saturated heterocycles. The van der Waals surface area contributed by atoms with E-state index in [0.717, 1.165) is 11.4 Å². The predicted octanol–water partition coefficient (Wildman–Crippen LogP) is 5.74. The first-order valence-corrected chi connectivity index (χ1v) is 8.35. The second kappa shape index (κ2) is 8.27. The van der Waals surface area contributed by atoms with Crippen LogP contribution >= 0.6 is 11.6 Å². The summed E-state index contributed by atoms with van der Waals surface area (Å²) in [7, 11) is 1.53. The number of halogens is 1. The van der Waals surface area contributed by atoms with E-state index in [4.69, 9.17) is 16.3 Å². The van der Waals surface area contributed by atoms with Gasteiger partial charge in [0.15, 0.2) is 0 Å². The van der Waals surface area contributed by atoms with Gasteiger partial charge in [0.2, 0.25) is 0 Å². The lowest BCUT2D eigenvalue weighted by molar-refractivity contribution is 0.262. The summed E-state index contributed by atoms with van der Waals surface area (Å²) in [6, 6.07) is 21.9. The monoisotopic (exact) mass is 367 g/mol. The number of hydrogen-bond donors (Lipinski definition) is 3. The van der Waals surface area contributed by atoms with E-state index in [1.165, 1.54) is 7.11 Å². The molecule has 0 aliphatic heterocycles. The van der Waals surface area contributed by atoms with Crippen molar-refractivity contribution in [3.63, 3.8) is 0 Å². The Morgan fingerprint density at radius 3 is 2.19 bits per heavy atom. The van der Waals surface area contributed by atoms with Crippen LogP contribution in [0.3, 0.4) is 0 Å². The Labute approximate surface area is 157 Å². The van der Waals surface area contributed by atoms with E-state index in [0.29, 0.717) is 22.1 Å². The van der Waals surface area contributed by atoms with Crippen LogP contribution in [0.1, 0.15) is 0 Å². The van der Waals surface area contributed by atoms with Gasteiger partial charge in [-0.15, -0.1) is 0 Å². The molecule has 0 heterocycles. The van der Waals surface area contributed by atoms with Crippen molar-refractivity contribution in [1.82, 2.24) is 0 Å². The van der Waals surface area contributed by atoms with Crippen LogP contribution in [0, 0.1) is 0 Å². The van der Waals surface area contributed by atoms with Gasteiger partial charge in [-0.25, -0.2) is 4.79 Å². The molecule has 0 atom stereocenters. The number of hydrogen-bond acceptors (Lipinski definition) is 3. The smallest absolute Gasteiger partial charge is 0.323 e. The van der Waals surface area contributed by atoms with E-state index in [2.05, 4.69) is 16.0 Å². The summed E-state index contributed by atoms with van der Waals surface area (Å²) in [6.45, 7) is 0. The standard InChI is InChI=1S/C20H18ClN3O2/c1-26-19-12-7-14(21)13-18(19)24-20(25)23-17-10-8-16(9-11-17)22-15-5-3-2-4-6-15/h2-13,22H,1H3,(H2,23,24,25). The summed E-state index contributed by atoms with van der Waals surface area (Å²) in [5.74, 6) is 0.534. The summed E-state index contributed by atoms with van der Waals surface area (Å²) < 4.78 is 5.21. The largest absolute Gasteiger partial charge is 0.495 e. The summed E-state index contributed by atoms with van der Waals surface area (Å²) >= 11 is 5.97. The molecular formula is C20H18ClN3O2. The van der Waals surface area contributed by atoms with Crippen LogP contribution in [0.5, 0.6) is 5.75 Å². The van der Waals surface area contributed by atoms with E-state index in [1.54, 1.807) is 18.2 Å². The number of amides is 2. The zero-order valence-electron chi connectivity index (χ0n) is 14.1. The minimum atomic E-state index is -0.380. The molecule has 26 heavy (non-hydrogen) atoms. The molecule has 0 fully saturated rings. The Kier molecular flexibility index (Phi) is 5.61. The number of methoxy groups -OCH3 is 1. The molecule has 0 aliphatic carbocycles. The molecule has 5 nitrogen and oxygen atoms in total. The van der Waals surface area contributed by atoms with Crippen LogP contribution < -0.4 is 20.7 Å². The minimum Gasteiger partial charge on any atom is -0.495 e. The molecule has 3 aromatic carbocycles. The average Bonchev–Trinajstić information content (AvgIpc) is 2.64. The molecule has 0 aromatic heterocycles. The number of rotatable bonds is 5. The van der Waals surface area contributed by atoms with E-state index in [9.17, 15) is 4.79 Å². The van der Waals surface area contributed by atoms with Gasteiger partial charge in [-0.3, -0.25) is 0 Å². The lowest BCUT2D eigenvalue weighted by Gasteiger charge is -2.12. The number of carbonyl (C=O) groups excluding carboxylic acids is 1. The van der Waals surface area contributed by atoms with Gasteiger partial charge in [0.1, 0.15) is 5.75 Å². The summed E-state index contributed by atoms with van der Waals surface area (Å²) in [6.07, 6.45) is 0. The zero-order valence-corrected chi connectivity index (χ0v) is 14.9. The van der Waals surface area contributed by atoms with Crippen LogP contribution in [0.25, 0.3) is 0 Å². The van der Waals surface area contributed by atoms with Crippen LogP contribution in [0.15, 0.2) is 72.8 Å². The van der Waals surface area contributed by atoms with Gasteiger partial charge in [-0.2, -0.15) is 0 Å². The van der Waals surface area contributed by atoms with Gasteiger partial charge in [0, 0.05) is 22.1 Å².